The zero-order chi connectivity index (χ0) is 37.0. The normalized spacial score (nSPS) is 11.6. The number of aromatic nitrogens is 4. The van der Waals surface area contributed by atoms with Gasteiger partial charge in [-0.2, -0.15) is 0 Å². The molecule has 0 fully saturated rings. The Balaban J connectivity index is 1.05. The van der Waals surface area contributed by atoms with E-state index in [1.54, 1.807) is 6.20 Å². The van der Waals surface area contributed by atoms with Gasteiger partial charge < -0.3 is 4.42 Å². The van der Waals surface area contributed by atoms with Crippen LogP contribution in [0.1, 0.15) is 0 Å². The van der Waals surface area contributed by atoms with Crippen molar-refractivity contribution in [2.75, 3.05) is 0 Å². The molecule has 0 atom stereocenters. The molecule has 4 aromatic heterocycles. The lowest BCUT2D eigenvalue weighted by atomic mass is 9.93. The van der Waals surface area contributed by atoms with Crippen molar-refractivity contribution in [1.29, 1.82) is 0 Å². The molecule has 5 nitrogen and oxygen atoms in total. The van der Waals surface area contributed by atoms with Gasteiger partial charge in [0, 0.05) is 76.7 Å². The Hall–Kier alpha value is -7.28. The number of hydrogen-bond acceptors (Lipinski definition) is 6. The maximum atomic E-state index is 6.74. The smallest absolute Gasteiger partial charge is 0.164 e. The van der Waals surface area contributed by atoms with Gasteiger partial charge in [0.05, 0.1) is 0 Å². The number of para-hydroxylation sites is 1. The summed E-state index contributed by atoms with van der Waals surface area (Å²) in [4.78, 5) is 19.5. The molecule has 0 saturated carbocycles. The Morgan fingerprint density at radius 2 is 1.02 bits per heavy atom. The second-order valence-electron chi connectivity index (χ2n) is 13.8. The predicted octanol–water partition coefficient (Wildman–Crippen LogP) is 13.5. The van der Waals surface area contributed by atoms with E-state index in [-0.39, 0.29) is 0 Å². The van der Waals surface area contributed by atoms with Gasteiger partial charge in [-0.1, -0.05) is 146 Å². The highest BCUT2D eigenvalue weighted by Crippen LogP contribution is 2.46. The van der Waals surface area contributed by atoms with Gasteiger partial charge in [-0.05, 0) is 41.0 Å². The molecule has 0 aliphatic carbocycles. The molecule has 7 aromatic carbocycles. The van der Waals surface area contributed by atoms with E-state index in [4.69, 9.17) is 19.4 Å². The number of pyridine rings is 1. The standard InChI is InChI=1S/C50H30N4OS/c1-2-12-32(13-3-1)48-52-49(54-50(53-48)41-17-5-4-15-35(41)34-14-11-29-51-30-34)33-25-23-31(24-26-33)36-27-28-38(46-45(36)42-18-6-8-21-43(42)55-46)40-20-10-19-39-37-16-7-9-22-44(37)56-47(39)40/h1-30H. The molecular weight excluding hydrogens is 705 g/mol. The quantitative estimate of drug-likeness (QED) is 0.170. The third kappa shape index (κ3) is 5.38. The van der Waals surface area contributed by atoms with Crippen LogP contribution in [-0.4, -0.2) is 19.9 Å². The van der Waals surface area contributed by atoms with Gasteiger partial charge in [-0.3, -0.25) is 4.98 Å². The minimum Gasteiger partial charge on any atom is -0.455 e. The SMILES string of the molecule is c1ccc(-c2nc(-c3ccc(-c4ccc(-c5cccc6c5sc5ccccc56)c5oc6ccccc6c45)cc3)nc(-c3ccccc3-c3cccnc3)n2)cc1. The highest BCUT2D eigenvalue weighted by atomic mass is 32.1. The number of furan rings is 1. The van der Waals surface area contributed by atoms with Gasteiger partial charge in [0.15, 0.2) is 17.5 Å². The van der Waals surface area contributed by atoms with Gasteiger partial charge in [-0.25, -0.2) is 15.0 Å². The van der Waals surface area contributed by atoms with Gasteiger partial charge >= 0.3 is 0 Å². The highest BCUT2D eigenvalue weighted by Gasteiger charge is 2.20. The first-order chi connectivity index (χ1) is 27.8. The third-order valence-electron chi connectivity index (χ3n) is 10.5. The first-order valence-corrected chi connectivity index (χ1v) is 19.4. The van der Waals surface area contributed by atoms with E-state index in [1.165, 1.54) is 25.7 Å². The maximum Gasteiger partial charge on any atom is 0.164 e. The number of thiophene rings is 1. The van der Waals surface area contributed by atoms with Crippen molar-refractivity contribution >= 4 is 53.4 Å². The molecule has 0 radical (unpaired) electrons. The van der Waals surface area contributed by atoms with Crippen LogP contribution in [0, 0.1) is 0 Å². The van der Waals surface area contributed by atoms with Crippen LogP contribution >= 0.6 is 11.3 Å². The van der Waals surface area contributed by atoms with Crippen LogP contribution < -0.4 is 0 Å². The summed E-state index contributed by atoms with van der Waals surface area (Å²) >= 11 is 1.84. The van der Waals surface area contributed by atoms with Gasteiger partial charge in [0.25, 0.3) is 0 Å². The lowest BCUT2D eigenvalue weighted by Gasteiger charge is -2.12. The number of benzene rings is 7. The van der Waals surface area contributed by atoms with E-state index < -0.39 is 0 Å². The zero-order valence-corrected chi connectivity index (χ0v) is 30.7. The number of nitrogens with zero attached hydrogens (tertiary/aromatic N) is 4. The summed E-state index contributed by atoms with van der Waals surface area (Å²) in [7, 11) is 0. The zero-order valence-electron chi connectivity index (χ0n) is 29.9. The summed E-state index contributed by atoms with van der Waals surface area (Å²) in [5.41, 5.74) is 11.0. The molecule has 6 heteroatoms. The predicted molar refractivity (Wildman–Crippen MR) is 230 cm³/mol. The monoisotopic (exact) mass is 734 g/mol. The first kappa shape index (κ1) is 32.2. The minimum absolute atomic E-state index is 0.604. The summed E-state index contributed by atoms with van der Waals surface area (Å²) < 4.78 is 9.29. The molecule has 262 valence electrons. The molecular formula is C50H30N4OS. The average Bonchev–Trinajstić information content (AvgIpc) is 3.86. The summed E-state index contributed by atoms with van der Waals surface area (Å²) in [5.74, 6) is 1.83. The minimum atomic E-state index is 0.604. The van der Waals surface area contributed by atoms with Crippen LogP contribution in [-0.2, 0) is 0 Å². The van der Waals surface area contributed by atoms with E-state index >= 15 is 0 Å². The molecule has 11 rings (SSSR count). The van der Waals surface area contributed by atoms with Crippen molar-refractivity contribution in [3.63, 3.8) is 0 Å². The van der Waals surface area contributed by atoms with Crippen molar-refractivity contribution < 1.29 is 4.42 Å². The molecule has 0 aliphatic heterocycles. The van der Waals surface area contributed by atoms with Crippen molar-refractivity contribution in [2.24, 2.45) is 0 Å². The molecule has 0 spiro atoms. The first-order valence-electron chi connectivity index (χ1n) is 18.5. The van der Waals surface area contributed by atoms with E-state index in [0.29, 0.717) is 17.5 Å². The Bertz CT molecular complexity index is 3240. The number of hydrogen-bond donors (Lipinski definition) is 0. The number of rotatable bonds is 6. The third-order valence-corrected chi connectivity index (χ3v) is 11.7. The van der Waals surface area contributed by atoms with Crippen molar-refractivity contribution in [3.05, 3.63) is 182 Å². The second-order valence-corrected chi connectivity index (χ2v) is 14.8. The van der Waals surface area contributed by atoms with Crippen molar-refractivity contribution in [2.45, 2.75) is 0 Å². The molecule has 4 heterocycles. The lowest BCUT2D eigenvalue weighted by molar-refractivity contribution is 0.670. The van der Waals surface area contributed by atoms with Crippen LogP contribution in [0.2, 0.25) is 0 Å². The summed E-state index contributed by atoms with van der Waals surface area (Å²) in [6, 6.07) is 58.8. The highest BCUT2D eigenvalue weighted by molar-refractivity contribution is 7.26. The van der Waals surface area contributed by atoms with E-state index in [2.05, 4.69) is 120 Å². The van der Waals surface area contributed by atoms with Crippen LogP contribution in [0.25, 0.3) is 110 Å². The van der Waals surface area contributed by atoms with Gasteiger partial charge in [0.2, 0.25) is 0 Å². The molecule has 0 unspecified atom stereocenters. The van der Waals surface area contributed by atoms with Crippen LogP contribution in [0.4, 0.5) is 0 Å². The lowest BCUT2D eigenvalue weighted by Crippen LogP contribution is -2.01. The fraction of sp³-hybridized carbons (Fsp3) is 0. The van der Waals surface area contributed by atoms with Crippen LogP contribution in [0.3, 0.4) is 0 Å². The Labute approximate surface area is 326 Å². The second kappa shape index (κ2) is 13.2. The Kier molecular flexibility index (Phi) is 7.60. The average molecular weight is 735 g/mol. The van der Waals surface area contributed by atoms with E-state index in [0.717, 1.165) is 66.4 Å². The van der Waals surface area contributed by atoms with Crippen LogP contribution in [0.5, 0.6) is 0 Å². The van der Waals surface area contributed by atoms with Crippen molar-refractivity contribution in [1.82, 2.24) is 19.9 Å². The van der Waals surface area contributed by atoms with Gasteiger partial charge in [0.1, 0.15) is 11.2 Å². The maximum absolute atomic E-state index is 6.74. The Morgan fingerprint density at radius 1 is 0.393 bits per heavy atom. The molecule has 0 N–H and O–H groups in total. The topological polar surface area (TPSA) is 64.7 Å². The fourth-order valence-electron chi connectivity index (χ4n) is 7.83. The van der Waals surface area contributed by atoms with E-state index in [9.17, 15) is 0 Å². The van der Waals surface area contributed by atoms with Crippen LogP contribution in [0.15, 0.2) is 187 Å². The molecule has 0 aliphatic rings. The largest absolute Gasteiger partial charge is 0.455 e. The molecule has 0 amide bonds. The number of fused-ring (bicyclic) bond motifs is 6. The summed E-state index contributed by atoms with van der Waals surface area (Å²) in [5, 5.41) is 4.74. The van der Waals surface area contributed by atoms with Gasteiger partial charge in [-0.15, -0.1) is 11.3 Å². The molecule has 11 aromatic rings. The molecule has 0 bridgehead atoms. The fourth-order valence-corrected chi connectivity index (χ4v) is 9.06. The summed E-state index contributed by atoms with van der Waals surface area (Å²) in [6.07, 6.45) is 3.65. The van der Waals surface area contributed by atoms with E-state index in [1.807, 2.05) is 72.1 Å². The molecule has 0 saturated heterocycles. The molecule has 56 heavy (non-hydrogen) atoms. The summed E-state index contributed by atoms with van der Waals surface area (Å²) in [6.45, 7) is 0. The Morgan fingerprint density at radius 3 is 1.84 bits per heavy atom. The van der Waals surface area contributed by atoms with Crippen molar-refractivity contribution in [3.8, 4) is 67.5 Å².